The number of anilines is 1. The summed E-state index contributed by atoms with van der Waals surface area (Å²) in [6, 6.07) is 0. The monoisotopic (exact) mass is 265 g/mol. The molecule has 2 N–H and O–H groups in total. The smallest absolute Gasteiger partial charge is 0.271 e. The summed E-state index contributed by atoms with van der Waals surface area (Å²) >= 11 is 0. The molecule has 6 heteroatoms. The fraction of sp³-hybridized carbons (Fsp3) is 0.615. The summed E-state index contributed by atoms with van der Waals surface area (Å²) in [4.78, 5) is 22.1. The summed E-state index contributed by atoms with van der Waals surface area (Å²) < 4.78 is 0. The van der Waals surface area contributed by atoms with Crippen LogP contribution in [-0.4, -0.2) is 54.5 Å². The van der Waals surface area contributed by atoms with Crippen LogP contribution in [0, 0.1) is 0 Å². The largest absolute Gasteiger partial charge is 0.369 e. The zero-order valence-corrected chi connectivity index (χ0v) is 11.9. The molecule has 1 heterocycles. The normalized spacial score (nSPS) is 10.5. The lowest BCUT2D eigenvalue weighted by atomic mass is 10.3. The third-order valence-electron chi connectivity index (χ3n) is 2.51. The highest BCUT2D eigenvalue weighted by Crippen LogP contribution is 2.01. The van der Waals surface area contributed by atoms with Gasteiger partial charge in [-0.2, -0.15) is 0 Å². The number of hydrogen-bond donors (Lipinski definition) is 2. The average molecular weight is 265 g/mol. The lowest BCUT2D eigenvalue weighted by molar-refractivity contribution is 0.0947. The van der Waals surface area contributed by atoms with Crippen LogP contribution in [0.25, 0.3) is 0 Å². The van der Waals surface area contributed by atoms with E-state index in [9.17, 15) is 4.79 Å². The minimum absolute atomic E-state index is 0.173. The minimum atomic E-state index is -0.173. The maximum absolute atomic E-state index is 11.8. The van der Waals surface area contributed by atoms with E-state index in [2.05, 4.69) is 32.4 Å². The van der Waals surface area contributed by atoms with Gasteiger partial charge in [-0.25, -0.2) is 9.97 Å². The molecule has 0 saturated heterocycles. The third-order valence-corrected chi connectivity index (χ3v) is 2.51. The van der Waals surface area contributed by atoms with Gasteiger partial charge in [0.15, 0.2) is 0 Å². The SMILES string of the molecule is CCCNc1cnc(C(=O)NCCCN(C)C)cn1. The van der Waals surface area contributed by atoms with Crippen molar-refractivity contribution in [2.24, 2.45) is 0 Å². The molecule has 1 rings (SSSR count). The molecule has 0 atom stereocenters. The molecular weight excluding hydrogens is 242 g/mol. The first-order valence-corrected chi connectivity index (χ1v) is 6.62. The van der Waals surface area contributed by atoms with Gasteiger partial charge < -0.3 is 15.5 Å². The van der Waals surface area contributed by atoms with E-state index < -0.39 is 0 Å². The van der Waals surface area contributed by atoms with Crippen LogP contribution < -0.4 is 10.6 Å². The van der Waals surface area contributed by atoms with Gasteiger partial charge in [0.05, 0.1) is 12.4 Å². The van der Waals surface area contributed by atoms with Crippen molar-refractivity contribution in [1.29, 1.82) is 0 Å². The number of amides is 1. The summed E-state index contributed by atoms with van der Waals surface area (Å²) in [6.07, 6.45) is 5.03. The van der Waals surface area contributed by atoms with E-state index in [-0.39, 0.29) is 5.91 Å². The van der Waals surface area contributed by atoms with E-state index in [4.69, 9.17) is 0 Å². The first-order chi connectivity index (χ1) is 9.13. The van der Waals surface area contributed by atoms with Gasteiger partial charge in [-0.15, -0.1) is 0 Å². The van der Waals surface area contributed by atoms with Gasteiger partial charge in [0, 0.05) is 13.1 Å². The fourth-order valence-electron chi connectivity index (χ4n) is 1.48. The Kier molecular flexibility index (Phi) is 6.81. The highest BCUT2D eigenvalue weighted by Gasteiger charge is 2.06. The molecule has 0 radical (unpaired) electrons. The number of nitrogens with zero attached hydrogens (tertiary/aromatic N) is 3. The Hall–Kier alpha value is -1.69. The molecule has 1 aromatic heterocycles. The third kappa shape index (κ3) is 6.15. The van der Waals surface area contributed by atoms with E-state index in [0.29, 0.717) is 18.1 Å². The van der Waals surface area contributed by atoms with Crippen LogP contribution in [0.2, 0.25) is 0 Å². The van der Waals surface area contributed by atoms with Gasteiger partial charge in [0.25, 0.3) is 5.91 Å². The second kappa shape index (κ2) is 8.42. The first-order valence-electron chi connectivity index (χ1n) is 6.62. The minimum Gasteiger partial charge on any atom is -0.369 e. The number of carbonyl (C=O) groups is 1. The first kappa shape index (κ1) is 15.4. The molecule has 0 aliphatic rings. The van der Waals surface area contributed by atoms with Crippen LogP contribution in [0.4, 0.5) is 5.82 Å². The van der Waals surface area contributed by atoms with Crippen LogP contribution in [0.3, 0.4) is 0 Å². The van der Waals surface area contributed by atoms with Crippen LogP contribution in [-0.2, 0) is 0 Å². The van der Waals surface area contributed by atoms with E-state index in [1.807, 2.05) is 14.1 Å². The van der Waals surface area contributed by atoms with Crippen molar-refractivity contribution in [3.63, 3.8) is 0 Å². The molecule has 0 unspecified atom stereocenters. The van der Waals surface area contributed by atoms with Crippen molar-refractivity contribution < 1.29 is 4.79 Å². The molecule has 0 aromatic carbocycles. The molecule has 6 nitrogen and oxygen atoms in total. The Balaban J connectivity index is 2.36. The van der Waals surface area contributed by atoms with E-state index in [1.54, 1.807) is 6.20 Å². The Morgan fingerprint density at radius 2 is 2.05 bits per heavy atom. The Bertz CT molecular complexity index is 377. The molecular formula is C13H23N5O. The number of nitrogens with one attached hydrogen (secondary N) is 2. The van der Waals surface area contributed by atoms with Crippen LogP contribution in [0.5, 0.6) is 0 Å². The highest BCUT2D eigenvalue weighted by atomic mass is 16.1. The maximum Gasteiger partial charge on any atom is 0.271 e. The molecule has 19 heavy (non-hydrogen) atoms. The molecule has 106 valence electrons. The fourth-order valence-corrected chi connectivity index (χ4v) is 1.48. The maximum atomic E-state index is 11.8. The Labute approximate surface area is 114 Å². The average Bonchev–Trinajstić information content (AvgIpc) is 2.41. The predicted octanol–water partition coefficient (Wildman–Crippen LogP) is 0.980. The van der Waals surface area contributed by atoms with E-state index in [1.165, 1.54) is 6.20 Å². The van der Waals surface area contributed by atoms with Crippen LogP contribution in [0.1, 0.15) is 30.3 Å². The van der Waals surface area contributed by atoms with Crippen LogP contribution in [0.15, 0.2) is 12.4 Å². The quantitative estimate of drug-likeness (QED) is 0.686. The lowest BCUT2D eigenvalue weighted by Gasteiger charge is -2.09. The molecule has 0 aliphatic heterocycles. The molecule has 0 aliphatic carbocycles. The van der Waals surface area contributed by atoms with Crippen molar-refractivity contribution in [1.82, 2.24) is 20.2 Å². The lowest BCUT2D eigenvalue weighted by Crippen LogP contribution is -2.27. The Morgan fingerprint density at radius 1 is 1.26 bits per heavy atom. The van der Waals surface area contributed by atoms with Crippen molar-refractivity contribution in [2.45, 2.75) is 19.8 Å². The molecule has 1 aromatic rings. The van der Waals surface area contributed by atoms with Gasteiger partial charge in [0.1, 0.15) is 11.5 Å². The molecule has 0 spiro atoms. The Morgan fingerprint density at radius 3 is 2.63 bits per heavy atom. The van der Waals surface area contributed by atoms with Crippen molar-refractivity contribution in [2.75, 3.05) is 39.0 Å². The number of rotatable bonds is 8. The van der Waals surface area contributed by atoms with Crippen molar-refractivity contribution >= 4 is 11.7 Å². The van der Waals surface area contributed by atoms with Gasteiger partial charge >= 0.3 is 0 Å². The van der Waals surface area contributed by atoms with E-state index >= 15 is 0 Å². The van der Waals surface area contributed by atoms with Gasteiger partial charge in [0.2, 0.25) is 0 Å². The molecule has 0 fully saturated rings. The summed E-state index contributed by atoms with van der Waals surface area (Å²) in [5.74, 6) is 0.527. The van der Waals surface area contributed by atoms with Gasteiger partial charge in [-0.3, -0.25) is 4.79 Å². The van der Waals surface area contributed by atoms with Gasteiger partial charge in [-0.05, 0) is 33.5 Å². The zero-order chi connectivity index (χ0) is 14.1. The molecule has 0 saturated carbocycles. The molecule has 1 amide bonds. The standard InChI is InChI=1S/C13H23N5O/c1-4-6-14-12-10-16-11(9-17-12)13(19)15-7-5-8-18(2)3/h9-10H,4-8H2,1-3H3,(H,14,17)(H,15,19). The van der Waals surface area contributed by atoms with Crippen LogP contribution >= 0.6 is 0 Å². The van der Waals surface area contributed by atoms with Crippen molar-refractivity contribution in [3.05, 3.63) is 18.1 Å². The molecule has 0 bridgehead atoms. The summed E-state index contributed by atoms with van der Waals surface area (Å²) in [6.45, 7) is 4.53. The second-order valence-corrected chi connectivity index (χ2v) is 4.63. The van der Waals surface area contributed by atoms with E-state index in [0.717, 1.165) is 25.9 Å². The zero-order valence-electron chi connectivity index (χ0n) is 11.9. The number of carbonyl (C=O) groups excluding carboxylic acids is 1. The second-order valence-electron chi connectivity index (χ2n) is 4.63. The predicted molar refractivity (Wildman–Crippen MR) is 76.3 cm³/mol. The summed E-state index contributed by atoms with van der Waals surface area (Å²) in [5, 5.41) is 5.94. The number of aromatic nitrogens is 2. The number of hydrogen-bond acceptors (Lipinski definition) is 5. The summed E-state index contributed by atoms with van der Waals surface area (Å²) in [7, 11) is 4.02. The summed E-state index contributed by atoms with van der Waals surface area (Å²) in [5.41, 5.74) is 0.354. The highest BCUT2D eigenvalue weighted by molar-refractivity contribution is 5.91. The van der Waals surface area contributed by atoms with Crippen molar-refractivity contribution in [3.8, 4) is 0 Å². The topological polar surface area (TPSA) is 70.2 Å². The van der Waals surface area contributed by atoms with Gasteiger partial charge in [-0.1, -0.05) is 6.92 Å².